The van der Waals surface area contributed by atoms with Crippen LogP contribution in [0.15, 0.2) is 53.4 Å². The predicted molar refractivity (Wildman–Crippen MR) is 114 cm³/mol. The van der Waals surface area contributed by atoms with E-state index in [1.807, 2.05) is 0 Å². The monoisotopic (exact) mass is 454 g/mol. The van der Waals surface area contributed by atoms with Crippen molar-refractivity contribution in [3.05, 3.63) is 66.1 Å². The van der Waals surface area contributed by atoms with Gasteiger partial charge in [-0.15, -0.1) is 0 Å². The molecule has 170 valence electrons. The van der Waals surface area contributed by atoms with Crippen LogP contribution >= 0.6 is 0 Å². The maximum absolute atomic E-state index is 14.2. The lowest BCUT2D eigenvalue weighted by atomic mass is 10.2. The molecule has 33 heavy (non-hydrogen) atoms. The third kappa shape index (κ3) is 5.20. The molecule has 0 aliphatic rings. The van der Waals surface area contributed by atoms with E-state index >= 15 is 0 Å². The molecule has 0 aliphatic heterocycles. The normalized spacial score (nSPS) is 10.9. The zero-order valence-corrected chi connectivity index (χ0v) is 17.7. The quantitative estimate of drug-likeness (QED) is 0.382. The fourth-order valence-corrected chi connectivity index (χ4v) is 3.12. The molecule has 9 nitrogen and oxygen atoms in total. The van der Waals surface area contributed by atoms with Gasteiger partial charge in [0.2, 0.25) is 0 Å². The van der Waals surface area contributed by atoms with Crippen molar-refractivity contribution in [2.75, 3.05) is 18.5 Å². The smallest absolute Gasteiger partial charge is 0.307 e. The van der Waals surface area contributed by atoms with Gasteiger partial charge in [0, 0.05) is 18.2 Å². The van der Waals surface area contributed by atoms with Gasteiger partial charge in [-0.05, 0) is 19.1 Å². The molecule has 0 saturated carbocycles. The SMILES string of the molecule is CCOC(=O)CCNc1nc(-c2cc(-c3ccon3)n(Cc3ccccc3F)n2)ncc1F. The Labute approximate surface area is 187 Å². The van der Waals surface area contributed by atoms with Gasteiger partial charge in [-0.1, -0.05) is 23.4 Å². The first-order valence-corrected chi connectivity index (χ1v) is 10.2. The molecule has 0 fully saturated rings. The summed E-state index contributed by atoms with van der Waals surface area (Å²) in [6, 6.07) is 9.67. The Morgan fingerprint density at radius 3 is 2.79 bits per heavy atom. The Morgan fingerprint density at radius 2 is 2.03 bits per heavy atom. The number of nitrogens with one attached hydrogen (secondary N) is 1. The number of esters is 1. The largest absolute Gasteiger partial charge is 0.466 e. The van der Waals surface area contributed by atoms with Crippen LogP contribution in [0.4, 0.5) is 14.6 Å². The van der Waals surface area contributed by atoms with Crippen molar-refractivity contribution in [1.29, 1.82) is 0 Å². The Kier molecular flexibility index (Phi) is 6.67. The van der Waals surface area contributed by atoms with Gasteiger partial charge in [0.15, 0.2) is 17.5 Å². The van der Waals surface area contributed by atoms with Crippen LogP contribution in [0.5, 0.6) is 0 Å². The van der Waals surface area contributed by atoms with E-state index in [4.69, 9.17) is 9.26 Å². The number of halogens is 2. The molecule has 0 amide bonds. The number of nitrogens with zero attached hydrogens (tertiary/aromatic N) is 5. The summed E-state index contributed by atoms with van der Waals surface area (Å²) in [5, 5.41) is 11.2. The zero-order chi connectivity index (χ0) is 23.2. The van der Waals surface area contributed by atoms with Gasteiger partial charge < -0.3 is 14.6 Å². The summed E-state index contributed by atoms with van der Waals surface area (Å²) < 4.78 is 39.8. The standard InChI is InChI=1S/C22H20F2N6O3/c1-2-32-20(31)7-9-25-21-16(24)12-26-22(27-21)18-11-19(17-8-10-33-29-17)30(28-18)13-14-5-3-4-6-15(14)23/h3-6,8,10-12H,2,7,9,13H2,1H3,(H,25,26,27). The van der Waals surface area contributed by atoms with Gasteiger partial charge in [-0.3, -0.25) is 9.48 Å². The van der Waals surface area contributed by atoms with E-state index in [1.165, 1.54) is 12.3 Å². The van der Waals surface area contributed by atoms with Crippen molar-refractivity contribution in [2.24, 2.45) is 0 Å². The Hall–Kier alpha value is -4.15. The molecule has 3 heterocycles. The Balaban J connectivity index is 1.62. The molecule has 0 saturated heterocycles. The number of rotatable bonds is 9. The molecule has 0 unspecified atom stereocenters. The molecule has 4 rings (SSSR count). The number of hydrogen-bond donors (Lipinski definition) is 1. The first-order chi connectivity index (χ1) is 16.0. The van der Waals surface area contributed by atoms with E-state index in [0.717, 1.165) is 6.20 Å². The van der Waals surface area contributed by atoms with Crippen LogP contribution < -0.4 is 5.32 Å². The van der Waals surface area contributed by atoms with Crippen molar-refractivity contribution in [3.63, 3.8) is 0 Å². The first kappa shape index (κ1) is 22.1. The van der Waals surface area contributed by atoms with Crippen LogP contribution in [0.2, 0.25) is 0 Å². The van der Waals surface area contributed by atoms with E-state index < -0.39 is 11.8 Å². The molecule has 11 heteroatoms. The molecule has 0 aliphatic carbocycles. The molecule has 4 aromatic rings. The van der Waals surface area contributed by atoms with Crippen molar-refractivity contribution < 1.29 is 22.8 Å². The zero-order valence-electron chi connectivity index (χ0n) is 17.7. The number of carbonyl (C=O) groups excluding carboxylic acids is 1. The van der Waals surface area contributed by atoms with Crippen LogP contribution in [0.3, 0.4) is 0 Å². The van der Waals surface area contributed by atoms with Crippen molar-refractivity contribution in [1.82, 2.24) is 24.9 Å². The van der Waals surface area contributed by atoms with E-state index in [0.29, 0.717) is 22.6 Å². The highest BCUT2D eigenvalue weighted by Gasteiger charge is 2.18. The average molecular weight is 454 g/mol. The second-order valence-corrected chi connectivity index (χ2v) is 6.92. The highest BCUT2D eigenvalue weighted by atomic mass is 19.1. The second kappa shape index (κ2) is 9.98. The lowest BCUT2D eigenvalue weighted by Crippen LogP contribution is -2.13. The number of carbonyl (C=O) groups is 1. The predicted octanol–water partition coefficient (Wildman–Crippen LogP) is 3.69. The highest BCUT2D eigenvalue weighted by Crippen LogP contribution is 2.26. The summed E-state index contributed by atoms with van der Waals surface area (Å²) in [7, 11) is 0. The summed E-state index contributed by atoms with van der Waals surface area (Å²) >= 11 is 0. The maximum Gasteiger partial charge on any atom is 0.307 e. The Morgan fingerprint density at radius 1 is 1.18 bits per heavy atom. The van der Waals surface area contributed by atoms with Crippen molar-refractivity contribution >= 4 is 11.8 Å². The summed E-state index contributed by atoms with van der Waals surface area (Å²) in [6.45, 7) is 2.24. The summed E-state index contributed by atoms with van der Waals surface area (Å²) in [5.74, 6) is -1.37. The van der Waals surface area contributed by atoms with Crippen molar-refractivity contribution in [3.8, 4) is 22.9 Å². The number of aromatic nitrogens is 5. The number of benzene rings is 1. The molecule has 3 aromatic heterocycles. The molecule has 0 bridgehead atoms. The van der Waals surface area contributed by atoms with Crippen LogP contribution in [-0.2, 0) is 16.1 Å². The number of ether oxygens (including phenoxy) is 1. The topological polar surface area (TPSA) is 108 Å². The van der Waals surface area contributed by atoms with E-state index in [1.54, 1.807) is 41.9 Å². The third-order valence-electron chi connectivity index (χ3n) is 4.66. The fraction of sp³-hybridized carbons (Fsp3) is 0.227. The number of hydrogen-bond acceptors (Lipinski definition) is 8. The fourth-order valence-electron chi connectivity index (χ4n) is 3.12. The molecular weight excluding hydrogens is 434 g/mol. The van der Waals surface area contributed by atoms with E-state index in [-0.39, 0.29) is 43.6 Å². The van der Waals surface area contributed by atoms with Gasteiger partial charge in [-0.2, -0.15) is 5.10 Å². The minimum absolute atomic E-state index is 0.0557. The van der Waals surface area contributed by atoms with Gasteiger partial charge in [0.1, 0.15) is 23.5 Å². The summed E-state index contributed by atoms with van der Waals surface area (Å²) in [5.41, 5.74) is 1.79. The summed E-state index contributed by atoms with van der Waals surface area (Å²) in [4.78, 5) is 19.7. The molecule has 1 aromatic carbocycles. The molecule has 0 radical (unpaired) electrons. The van der Waals surface area contributed by atoms with Crippen LogP contribution in [0.1, 0.15) is 18.9 Å². The van der Waals surface area contributed by atoms with Gasteiger partial charge in [0.05, 0.1) is 31.5 Å². The average Bonchev–Trinajstić information content (AvgIpc) is 3.47. The third-order valence-corrected chi connectivity index (χ3v) is 4.66. The van der Waals surface area contributed by atoms with Crippen molar-refractivity contribution in [2.45, 2.75) is 19.9 Å². The van der Waals surface area contributed by atoms with Crippen LogP contribution in [0, 0.1) is 11.6 Å². The highest BCUT2D eigenvalue weighted by molar-refractivity contribution is 5.70. The molecule has 0 spiro atoms. The van der Waals surface area contributed by atoms with Gasteiger partial charge in [-0.25, -0.2) is 18.7 Å². The number of anilines is 1. The maximum atomic E-state index is 14.2. The molecular formula is C22H20F2N6O3. The second-order valence-electron chi connectivity index (χ2n) is 6.92. The minimum atomic E-state index is -0.676. The van der Waals surface area contributed by atoms with Gasteiger partial charge >= 0.3 is 5.97 Å². The summed E-state index contributed by atoms with van der Waals surface area (Å²) in [6.07, 6.45) is 2.48. The minimum Gasteiger partial charge on any atom is -0.466 e. The molecule has 1 N–H and O–H groups in total. The first-order valence-electron chi connectivity index (χ1n) is 10.2. The lowest BCUT2D eigenvalue weighted by Gasteiger charge is -2.07. The van der Waals surface area contributed by atoms with E-state index in [9.17, 15) is 13.6 Å². The van der Waals surface area contributed by atoms with Crippen LogP contribution in [0.25, 0.3) is 22.9 Å². The van der Waals surface area contributed by atoms with Crippen LogP contribution in [-0.4, -0.2) is 44.0 Å². The lowest BCUT2D eigenvalue weighted by molar-refractivity contribution is -0.142. The van der Waals surface area contributed by atoms with E-state index in [2.05, 4.69) is 25.5 Å². The van der Waals surface area contributed by atoms with Gasteiger partial charge in [0.25, 0.3) is 0 Å². The Bertz CT molecular complexity index is 1240. The molecule has 0 atom stereocenters.